The molecule has 1 nitrogen and oxygen atoms in total. The smallest absolute Gasteiger partial charge is 0.0699 e. The lowest BCUT2D eigenvalue weighted by Crippen LogP contribution is -2.34. The van der Waals surface area contributed by atoms with E-state index in [-0.39, 0.29) is 5.41 Å². The predicted molar refractivity (Wildman–Crippen MR) is 74.4 cm³/mol. The molecule has 0 spiro atoms. The summed E-state index contributed by atoms with van der Waals surface area (Å²) in [6.45, 7) is 0. The van der Waals surface area contributed by atoms with Gasteiger partial charge in [-0.1, -0.05) is 0 Å². The van der Waals surface area contributed by atoms with Gasteiger partial charge in [0.1, 0.15) is 0 Å². The Morgan fingerprint density at radius 1 is 0.409 bits per heavy atom. The van der Waals surface area contributed by atoms with E-state index in [4.69, 9.17) is 0 Å². The highest BCUT2D eigenvalue weighted by Gasteiger charge is 3.02. The molecular weight excluding hydrogens is 266 g/mol. The fourth-order valence-corrected chi connectivity index (χ4v) is 15.7. The van der Waals surface area contributed by atoms with Crippen LogP contribution in [-0.2, 0) is 0 Å². The van der Waals surface area contributed by atoms with Crippen LogP contribution in [0.25, 0.3) is 0 Å². The second-order valence-corrected chi connectivity index (χ2v) is 11.9. The Balaban J connectivity index is 1.48. The van der Waals surface area contributed by atoms with Gasteiger partial charge in [-0.25, -0.2) is 0 Å². The number of nitrogens with zero attached hydrogens (tertiary/aromatic N) is 1. The molecule has 12 rings (SSSR count). The van der Waals surface area contributed by atoms with E-state index in [1.165, 1.54) is 23.7 Å². The van der Waals surface area contributed by atoms with Gasteiger partial charge < -0.3 is 0 Å². The van der Waals surface area contributed by atoms with Crippen molar-refractivity contribution in [2.75, 3.05) is 0 Å². The Morgan fingerprint density at radius 2 is 0.636 bits per heavy atom. The maximum absolute atomic E-state index is 10.5. The van der Waals surface area contributed by atoms with Crippen LogP contribution in [0.3, 0.4) is 0 Å². The highest BCUT2D eigenvalue weighted by molar-refractivity contribution is 5.50. The van der Waals surface area contributed by atoms with E-state index in [1.807, 2.05) is 0 Å². The zero-order chi connectivity index (χ0) is 13.2. The largest absolute Gasteiger partial charge is 0.198 e. The summed E-state index contributed by atoms with van der Waals surface area (Å²) in [6, 6.07) is 3.16. The Hall–Kier alpha value is -0.510. The van der Waals surface area contributed by atoms with Gasteiger partial charge in [-0.05, 0) is 112 Å². The Bertz CT molecular complexity index is 691. The van der Waals surface area contributed by atoms with Crippen molar-refractivity contribution < 1.29 is 0 Å². The summed E-state index contributed by atoms with van der Waals surface area (Å²) in [7, 11) is 0. The summed E-state index contributed by atoms with van der Waals surface area (Å²) >= 11 is 0. The number of hydrogen-bond acceptors (Lipinski definition) is 1. The zero-order valence-corrected chi connectivity index (χ0v) is 12.4. The Morgan fingerprint density at radius 3 is 0.864 bits per heavy atom. The standard InChI is InChI=1S/C21H19N/c22-1-21-18-12-6-3-2-4-8(6)14(18)16-10(4)11-5(2)9-7(3)13(12)19(21)15(9)17(11)20(16)21/h2-20H. The lowest BCUT2D eigenvalue weighted by molar-refractivity contribution is 0.142. The molecule has 12 saturated carbocycles. The molecule has 1 heteroatoms. The van der Waals surface area contributed by atoms with Crippen LogP contribution in [0.2, 0.25) is 0 Å². The predicted octanol–water partition coefficient (Wildman–Crippen LogP) is 2.35. The molecule has 22 heavy (non-hydrogen) atoms. The Labute approximate surface area is 129 Å². The van der Waals surface area contributed by atoms with Crippen LogP contribution in [0.1, 0.15) is 0 Å². The number of hydrogen-bond donors (Lipinski definition) is 0. The van der Waals surface area contributed by atoms with Gasteiger partial charge in [0.05, 0.1) is 11.5 Å². The summed E-state index contributed by atoms with van der Waals surface area (Å²) in [4.78, 5) is 0. The van der Waals surface area contributed by atoms with Crippen molar-refractivity contribution in [1.82, 2.24) is 0 Å². The van der Waals surface area contributed by atoms with Crippen LogP contribution in [0.15, 0.2) is 0 Å². The number of rotatable bonds is 0. The van der Waals surface area contributed by atoms with Gasteiger partial charge in [0.15, 0.2) is 0 Å². The summed E-state index contributed by atoms with van der Waals surface area (Å²) in [5, 5.41) is 10.5. The summed E-state index contributed by atoms with van der Waals surface area (Å²) in [5.41, 5.74) is 0.248. The van der Waals surface area contributed by atoms with Crippen molar-refractivity contribution >= 4 is 0 Å². The third-order valence-electron chi connectivity index (χ3n) is 13.7. The normalized spacial score (nSPS) is 102. The second-order valence-electron chi connectivity index (χ2n) is 11.9. The minimum atomic E-state index is 0.248. The molecular formula is C21H19N. The van der Waals surface area contributed by atoms with Crippen molar-refractivity contribution in [3.8, 4) is 6.07 Å². The van der Waals surface area contributed by atoms with Crippen molar-refractivity contribution in [3.63, 3.8) is 0 Å². The van der Waals surface area contributed by atoms with E-state index in [0.717, 1.165) is 88.8 Å². The van der Waals surface area contributed by atoms with Crippen LogP contribution < -0.4 is 0 Å². The highest BCUT2D eigenvalue weighted by Crippen LogP contribution is 3.04. The SMILES string of the molecule is N#CC12C3C4C5C6C7C8C5C3C3C8C5C7C7C6C4C1C7C5C32. The fraction of sp³-hybridized carbons (Fsp3) is 0.952. The first-order chi connectivity index (χ1) is 10.9. The van der Waals surface area contributed by atoms with Gasteiger partial charge >= 0.3 is 0 Å². The fourth-order valence-electron chi connectivity index (χ4n) is 15.7. The van der Waals surface area contributed by atoms with Crippen molar-refractivity contribution in [3.05, 3.63) is 0 Å². The molecule has 0 radical (unpaired) electrons. The van der Waals surface area contributed by atoms with Gasteiger partial charge in [-0.3, -0.25) is 0 Å². The lowest BCUT2D eigenvalue weighted by atomic mass is 9.67. The maximum atomic E-state index is 10.5. The topological polar surface area (TPSA) is 23.8 Å². The van der Waals surface area contributed by atoms with Crippen molar-refractivity contribution in [1.29, 1.82) is 5.26 Å². The maximum Gasteiger partial charge on any atom is 0.0699 e. The van der Waals surface area contributed by atoms with Crippen LogP contribution in [-0.4, -0.2) is 0 Å². The van der Waals surface area contributed by atoms with E-state index in [0.29, 0.717) is 0 Å². The van der Waals surface area contributed by atoms with Gasteiger partial charge in [0, 0.05) is 0 Å². The highest BCUT2D eigenvalue weighted by atomic mass is 15.1. The molecule has 0 aromatic rings. The molecule has 12 atom stereocenters. The molecule has 0 aromatic carbocycles. The molecule has 12 fully saturated rings. The van der Waals surface area contributed by atoms with Gasteiger partial charge in [0.25, 0.3) is 0 Å². The second kappa shape index (κ2) is 1.93. The third kappa shape index (κ3) is 0.404. The molecule has 108 valence electrons. The van der Waals surface area contributed by atoms with E-state index in [2.05, 4.69) is 6.07 Å². The first kappa shape index (κ1) is 9.10. The van der Waals surface area contributed by atoms with Gasteiger partial charge in [-0.2, -0.15) is 5.26 Å². The molecule has 12 unspecified atom stereocenters. The van der Waals surface area contributed by atoms with Crippen LogP contribution in [0, 0.1) is 129 Å². The van der Waals surface area contributed by atoms with E-state index < -0.39 is 0 Å². The molecule has 0 heterocycles. The summed E-state index contributed by atoms with van der Waals surface area (Å²) in [6.07, 6.45) is 0. The first-order valence-corrected chi connectivity index (χ1v) is 10.3. The van der Waals surface area contributed by atoms with E-state index in [1.54, 1.807) is 0 Å². The molecule has 12 aliphatic rings. The first-order valence-electron chi connectivity index (χ1n) is 10.3. The zero-order valence-electron chi connectivity index (χ0n) is 12.4. The van der Waals surface area contributed by atoms with E-state index in [9.17, 15) is 5.26 Å². The monoisotopic (exact) mass is 285 g/mol. The molecule has 0 aliphatic heterocycles. The quantitative estimate of drug-likeness (QED) is 0.670. The average Bonchev–Trinajstić information content (AvgIpc) is 3.18. The third-order valence-corrected chi connectivity index (χ3v) is 13.7. The van der Waals surface area contributed by atoms with E-state index >= 15 is 0 Å². The van der Waals surface area contributed by atoms with Crippen LogP contribution in [0.5, 0.6) is 0 Å². The molecule has 0 amide bonds. The molecule has 0 N–H and O–H groups in total. The van der Waals surface area contributed by atoms with Crippen LogP contribution >= 0.6 is 0 Å². The minimum Gasteiger partial charge on any atom is -0.198 e. The number of nitriles is 1. The van der Waals surface area contributed by atoms with Crippen molar-refractivity contribution in [2.24, 2.45) is 118 Å². The lowest BCUT2D eigenvalue weighted by Gasteiger charge is -2.33. The minimum absolute atomic E-state index is 0.248. The Kier molecular flexibility index (Phi) is 0.799. The summed E-state index contributed by atoms with van der Waals surface area (Å²) < 4.78 is 0. The molecule has 0 bridgehead atoms. The van der Waals surface area contributed by atoms with Crippen molar-refractivity contribution in [2.45, 2.75) is 0 Å². The van der Waals surface area contributed by atoms with Crippen LogP contribution in [0.4, 0.5) is 0 Å². The van der Waals surface area contributed by atoms with Gasteiger partial charge in [-0.15, -0.1) is 0 Å². The average molecular weight is 285 g/mol. The van der Waals surface area contributed by atoms with Gasteiger partial charge in [0.2, 0.25) is 0 Å². The summed E-state index contributed by atoms with van der Waals surface area (Å²) in [5.74, 6) is 21.1. The molecule has 0 saturated heterocycles. The molecule has 0 aromatic heterocycles. The molecule has 12 aliphatic carbocycles.